The van der Waals surface area contributed by atoms with Crippen LogP contribution in [0.1, 0.15) is 55.1 Å². The predicted molar refractivity (Wildman–Crippen MR) is 160 cm³/mol. The van der Waals surface area contributed by atoms with Crippen LogP contribution < -0.4 is 11.1 Å². The number of nitrogens with one attached hydrogen (secondary N) is 1. The lowest BCUT2D eigenvalue weighted by molar-refractivity contribution is -0.124. The van der Waals surface area contributed by atoms with Crippen LogP contribution in [0.15, 0.2) is 54.9 Å². The molecule has 1 aromatic carbocycles. The first kappa shape index (κ1) is 26.9. The fourth-order valence-electron chi connectivity index (χ4n) is 6.69. The normalized spacial score (nSPS) is 17.9. The summed E-state index contributed by atoms with van der Waals surface area (Å²) in [6.07, 6.45) is 10.4. The van der Waals surface area contributed by atoms with E-state index in [1.54, 1.807) is 0 Å². The van der Waals surface area contributed by atoms with Crippen molar-refractivity contribution in [3.8, 4) is 0 Å². The van der Waals surface area contributed by atoms with Crippen molar-refractivity contribution in [1.29, 1.82) is 0 Å². The Morgan fingerprint density at radius 3 is 2.83 bits per heavy atom. The van der Waals surface area contributed by atoms with E-state index in [-0.39, 0.29) is 5.91 Å². The first-order valence-corrected chi connectivity index (χ1v) is 14.9. The summed E-state index contributed by atoms with van der Waals surface area (Å²) in [7, 11) is 0. The van der Waals surface area contributed by atoms with Crippen molar-refractivity contribution in [3.05, 3.63) is 71.8 Å². The van der Waals surface area contributed by atoms with E-state index < -0.39 is 0 Å². The van der Waals surface area contributed by atoms with Gasteiger partial charge < -0.3 is 15.6 Å². The maximum atomic E-state index is 11.9. The summed E-state index contributed by atoms with van der Waals surface area (Å²) in [4.78, 5) is 26.6. The number of carbonyl (C=O) groups excluding carboxylic acids is 1. The quantitative estimate of drug-likeness (QED) is 0.280. The summed E-state index contributed by atoms with van der Waals surface area (Å²) in [6, 6.07) is 15.5. The first-order valence-electron chi connectivity index (χ1n) is 14.9. The minimum atomic E-state index is 0.128. The van der Waals surface area contributed by atoms with Gasteiger partial charge in [0.15, 0.2) is 0 Å². The van der Waals surface area contributed by atoms with E-state index in [2.05, 4.69) is 62.1 Å². The zero-order chi connectivity index (χ0) is 27.3. The Morgan fingerprint density at radius 1 is 1.00 bits per heavy atom. The molecule has 1 atom stereocenters. The minimum Gasteiger partial charge on any atom is -0.354 e. The zero-order valence-electron chi connectivity index (χ0n) is 23.4. The second kappa shape index (κ2) is 12.5. The molecule has 3 aromatic heterocycles. The molecule has 4 heterocycles. The number of hydrogen-bond donors (Lipinski definition) is 2. The van der Waals surface area contributed by atoms with E-state index in [0.717, 1.165) is 77.1 Å². The molecule has 0 spiro atoms. The van der Waals surface area contributed by atoms with Crippen LogP contribution in [0.25, 0.3) is 21.8 Å². The number of unbranched alkanes of at least 4 members (excludes halogenated alkanes) is 1. The third kappa shape index (κ3) is 5.61. The highest BCUT2D eigenvalue weighted by molar-refractivity contribution is 6.08. The second-order valence-corrected chi connectivity index (χ2v) is 11.2. The number of aryl methyl sites for hydroxylation is 2. The maximum Gasteiger partial charge on any atom is 0.234 e. The van der Waals surface area contributed by atoms with E-state index in [9.17, 15) is 4.79 Å². The molecule has 8 heteroatoms. The Hall–Kier alpha value is -3.33. The SMILES string of the molecule is NCCCCN(Cc1nccc2c3ccccc3n(CCCN3CCNC(=O)C3)c12)C1CCCc2cccnc21. The molecule has 6 rings (SSSR count). The molecule has 4 aromatic rings. The predicted octanol–water partition coefficient (Wildman–Crippen LogP) is 4.02. The highest BCUT2D eigenvalue weighted by atomic mass is 16.2. The molecule has 3 N–H and O–H groups in total. The van der Waals surface area contributed by atoms with Gasteiger partial charge in [0.05, 0.1) is 29.5 Å². The molecule has 0 radical (unpaired) electrons. The van der Waals surface area contributed by atoms with Gasteiger partial charge in [-0.05, 0) is 75.4 Å². The Balaban J connectivity index is 1.33. The fourth-order valence-corrected chi connectivity index (χ4v) is 6.69. The van der Waals surface area contributed by atoms with Crippen LogP contribution in [-0.2, 0) is 24.3 Å². The lowest BCUT2D eigenvalue weighted by Crippen LogP contribution is -2.47. The van der Waals surface area contributed by atoms with Crippen molar-refractivity contribution in [1.82, 2.24) is 29.7 Å². The van der Waals surface area contributed by atoms with Crippen LogP contribution in [0, 0.1) is 0 Å². The third-order valence-corrected chi connectivity index (χ3v) is 8.59. The smallest absolute Gasteiger partial charge is 0.234 e. The van der Waals surface area contributed by atoms with Gasteiger partial charge in [-0.2, -0.15) is 0 Å². The van der Waals surface area contributed by atoms with E-state index in [1.807, 2.05) is 12.4 Å². The number of rotatable bonds is 11. The summed E-state index contributed by atoms with van der Waals surface area (Å²) >= 11 is 0. The van der Waals surface area contributed by atoms with Crippen molar-refractivity contribution >= 4 is 27.7 Å². The van der Waals surface area contributed by atoms with Crippen molar-refractivity contribution < 1.29 is 4.79 Å². The molecule has 1 aliphatic heterocycles. The molecule has 40 heavy (non-hydrogen) atoms. The maximum absolute atomic E-state index is 11.9. The van der Waals surface area contributed by atoms with Gasteiger partial charge in [0.1, 0.15) is 0 Å². The molecular formula is C32H41N7O. The number of nitrogens with zero attached hydrogens (tertiary/aromatic N) is 5. The van der Waals surface area contributed by atoms with Crippen LogP contribution in [0.2, 0.25) is 0 Å². The van der Waals surface area contributed by atoms with E-state index in [0.29, 0.717) is 19.1 Å². The minimum absolute atomic E-state index is 0.128. The molecule has 1 amide bonds. The van der Waals surface area contributed by atoms with Crippen LogP contribution >= 0.6 is 0 Å². The largest absolute Gasteiger partial charge is 0.354 e. The van der Waals surface area contributed by atoms with Crippen LogP contribution in [-0.4, -0.2) is 69.5 Å². The van der Waals surface area contributed by atoms with Crippen LogP contribution in [0.4, 0.5) is 0 Å². The number of benzene rings is 1. The highest BCUT2D eigenvalue weighted by Crippen LogP contribution is 2.36. The van der Waals surface area contributed by atoms with Crippen molar-refractivity contribution in [2.45, 2.75) is 57.7 Å². The Labute approximate surface area is 236 Å². The molecule has 1 unspecified atom stereocenters. The van der Waals surface area contributed by atoms with Crippen molar-refractivity contribution in [2.24, 2.45) is 5.73 Å². The summed E-state index contributed by atoms with van der Waals surface area (Å²) in [5.74, 6) is 0.128. The molecule has 1 saturated heterocycles. The first-order chi connectivity index (χ1) is 19.7. The van der Waals surface area contributed by atoms with Gasteiger partial charge in [-0.15, -0.1) is 0 Å². The average molecular weight is 540 g/mol. The highest BCUT2D eigenvalue weighted by Gasteiger charge is 2.28. The lowest BCUT2D eigenvalue weighted by atomic mass is 9.90. The Bertz CT molecular complexity index is 1460. The van der Waals surface area contributed by atoms with Gasteiger partial charge in [-0.1, -0.05) is 24.3 Å². The standard InChI is InChI=1S/C32H41N7O/c33-14-3-4-19-38(29-12-5-8-24-9-6-15-36-31(24)29)22-27-32-26(13-16-34-27)25-10-1-2-11-28(25)39(32)20-7-18-37-21-17-35-30(40)23-37/h1-2,6,9-11,13,15-16,29H,3-5,7-8,12,14,17-23,33H2,(H,35,40). The van der Waals surface area contributed by atoms with Crippen molar-refractivity contribution in [2.75, 3.05) is 39.3 Å². The molecule has 8 nitrogen and oxygen atoms in total. The van der Waals surface area contributed by atoms with Gasteiger partial charge in [-0.25, -0.2) is 0 Å². The molecular weight excluding hydrogens is 498 g/mol. The summed E-state index contributed by atoms with van der Waals surface area (Å²) in [6.45, 7) is 6.43. The monoisotopic (exact) mass is 539 g/mol. The number of amides is 1. The number of hydrogen-bond acceptors (Lipinski definition) is 6. The summed E-state index contributed by atoms with van der Waals surface area (Å²) < 4.78 is 2.47. The number of pyridine rings is 2. The average Bonchev–Trinajstić information content (AvgIpc) is 3.31. The lowest BCUT2D eigenvalue weighted by Gasteiger charge is -2.35. The summed E-state index contributed by atoms with van der Waals surface area (Å²) in [5, 5.41) is 5.47. The molecule has 210 valence electrons. The molecule has 0 bridgehead atoms. The second-order valence-electron chi connectivity index (χ2n) is 11.2. The van der Waals surface area contributed by atoms with E-state index in [1.165, 1.54) is 39.5 Å². The fraction of sp³-hybridized carbons (Fsp3) is 0.469. The topological polar surface area (TPSA) is 92.3 Å². The number of aromatic nitrogens is 3. The number of nitrogens with two attached hydrogens (primary N) is 1. The number of para-hydroxylation sites is 1. The van der Waals surface area contributed by atoms with Gasteiger partial charge in [0.25, 0.3) is 0 Å². The van der Waals surface area contributed by atoms with Gasteiger partial charge in [-0.3, -0.25) is 24.6 Å². The molecule has 0 saturated carbocycles. The summed E-state index contributed by atoms with van der Waals surface area (Å²) in [5.41, 5.74) is 12.1. The van der Waals surface area contributed by atoms with E-state index in [4.69, 9.17) is 15.7 Å². The molecule has 1 aliphatic carbocycles. The number of fused-ring (bicyclic) bond motifs is 4. The van der Waals surface area contributed by atoms with Gasteiger partial charge in [0, 0.05) is 61.4 Å². The van der Waals surface area contributed by atoms with Gasteiger partial charge in [0.2, 0.25) is 5.91 Å². The third-order valence-electron chi connectivity index (χ3n) is 8.59. The number of piperazine rings is 1. The van der Waals surface area contributed by atoms with Crippen LogP contribution in [0.5, 0.6) is 0 Å². The van der Waals surface area contributed by atoms with E-state index >= 15 is 0 Å². The number of carbonyl (C=O) groups is 1. The van der Waals surface area contributed by atoms with Gasteiger partial charge >= 0.3 is 0 Å². The van der Waals surface area contributed by atoms with Crippen molar-refractivity contribution in [3.63, 3.8) is 0 Å². The molecule has 2 aliphatic rings. The zero-order valence-corrected chi connectivity index (χ0v) is 23.4. The van der Waals surface area contributed by atoms with Crippen LogP contribution in [0.3, 0.4) is 0 Å². The Morgan fingerprint density at radius 2 is 1.93 bits per heavy atom. The Kier molecular flexibility index (Phi) is 8.37. The molecule has 1 fully saturated rings.